The second-order valence-corrected chi connectivity index (χ2v) is 13.1. The van der Waals surface area contributed by atoms with Gasteiger partial charge in [0.2, 0.25) is 15.9 Å². The van der Waals surface area contributed by atoms with Crippen LogP contribution in [0.2, 0.25) is 0 Å². The Labute approximate surface area is 211 Å². The Bertz CT molecular complexity index is 1420. The first-order valence-electron chi connectivity index (χ1n) is 11.0. The van der Waals surface area contributed by atoms with Crippen LogP contribution in [0.5, 0.6) is 0 Å². The molecule has 34 heavy (non-hydrogen) atoms. The van der Waals surface area contributed by atoms with E-state index in [1.54, 1.807) is 13.0 Å². The first-order valence-corrected chi connectivity index (χ1v) is 14.1. The third-order valence-corrected chi connectivity index (χ3v) is 9.75. The number of rotatable bonds is 5. The lowest BCUT2D eigenvalue weighted by Gasteiger charge is -2.34. The summed E-state index contributed by atoms with van der Waals surface area (Å²) in [4.78, 5) is 31.3. The molecule has 8 nitrogen and oxygen atoms in total. The van der Waals surface area contributed by atoms with Crippen LogP contribution in [0.4, 0.5) is 5.69 Å². The molecular weight excluding hydrogens is 540 g/mol. The van der Waals surface area contributed by atoms with Crippen molar-refractivity contribution in [2.75, 3.05) is 18.4 Å². The molecule has 3 heterocycles. The predicted octanol–water partition coefficient (Wildman–Crippen LogP) is 4.14. The number of hydrogen-bond acceptors (Lipinski definition) is 6. The fraction of sp³-hybridized carbons (Fsp3) is 0.435. The van der Waals surface area contributed by atoms with Gasteiger partial charge in [-0.3, -0.25) is 14.2 Å². The zero-order chi connectivity index (χ0) is 24.8. The van der Waals surface area contributed by atoms with Crippen LogP contribution >= 0.6 is 27.3 Å². The van der Waals surface area contributed by atoms with Crippen molar-refractivity contribution >= 4 is 59.1 Å². The molecule has 3 aromatic rings. The molecule has 0 radical (unpaired) electrons. The second kappa shape index (κ2) is 9.52. The molecule has 0 unspecified atom stereocenters. The Hall–Kier alpha value is -2.08. The third-order valence-electron chi connectivity index (χ3n) is 5.95. The molecule has 1 fully saturated rings. The summed E-state index contributed by atoms with van der Waals surface area (Å²) < 4.78 is 30.7. The monoisotopic (exact) mass is 566 g/mol. The van der Waals surface area contributed by atoms with Crippen molar-refractivity contribution in [2.24, 2.45) is 11.8 Å². The topological polar surface area (TPSA) is 101 Å². The summed E-state index contributed by atoms with van der Waals surface area (Å²) in [5.74, 6) is 0.0643. The molecule has 2 atom stereocenters. The largest absolute Gasteiger partial charge is 0.324 e. The number of piperidine rings is 1. The average Bonchev–Trinajstić information content (AvgIpc) is 3.09. The normalized spacial score (nSPS) is 19.4. The summed E-state index contributed by atoms with van der Waals surface area (Å²) in [6.45, 7) is 8.27. The number of aromatic nitrogens is 2. The number of sulfonamides is 1. The van der Waals surface area contributed by atoms with Gasteiger partial charge in [0.25, 0.3) is 5.56 Å². The first kappa shape index (κ1) is 25.0. The standard InChI is InChI=1S/C23H27BrN4O4S2/c1-13-5-6-18(17(24)8-13)26-19(29)11-27-12-25-22-20(23(27)30)21(16(4)33-22)34(31,32)28-9-14(2)7-15(3)10-28/h5-6,8,12,14-15H,7,9-11H2,1-4H3,(H,26,29)/t14-,15-/m0/s1. The summed E-state index contributed by atoms with van der Waals surface area (Å²) in [6, 6.07) is 5.52. The molecular formula is C23H27BrN4O4S2. The van der Waals surface area contributed by atoms with Gasteiger partial charge in [0.05, 0.1) is 17.4 Å². The van der Waals surface area contributed by atoms with E-state index in [1.807, 2.05) is 32.9 Å². The van der Waals surface area contributed by atoms with Gasteiger partial charge in [-0.15, -0.1) is 11.3 Å². The molecule has 1 saturated heterocycles. The number of amides is 1. The highest BCUT2D eigenvalue weighted by Crippen LogP contribution is 2.35. The maximum absolute atomic E-state index is 13.6. The lowest BCUT2D eigenvalue weighted by molar-refractivity contribution is -0.116. The van der Waals surface area contributed by atoms with Crippen molar-refractivity contribution in [2.45, 2.75) is 45.6 Å². The van der Waals surface area contributed by atoms with E-state index >= 15 is 0 Å². The molecule has 1 amide bonds. The van der Waals surface area contributed by atoms with Crippen molar-refractivity contribution in [3.8, 4) is 0 Å². The number of nitrogens with one attached hydrogen (secondary N) is 1. The molecule has 11 heteroatoms. The molecule has 1 N–H and O–H groups in total. The minimum Gasteiger partial charge on any atom is -0.324 e. The quantitative estimate of drug-likeness (QED) is 0.500. The van der Waals surface area contributed by atoms with Crippen LogP contribution in [0.1, 0.15) is 30.7 Å². The van der Waals surface area contributed by atoms with Gasteiger partial charge in [-0.1, -0.05) is 19.9 Å². The van der Waals surface area contributed by atoms with Gasteiger partial charge >= 0.3 is 0 Å². The van der Waals surface area contributed by atoms with Crippen molar-refractivity contribution < 1.29 is 13.2 Å². The maximum atomic E-state index is 13.6. The summed E-state index contributed by atoms with van der Waals surface area (Å²) >= 11 is 4.60. The number of benzene rings is 1. The Morgan fingerprint density at radius 2 is 1.91 bits per heavy atom. The van der Waals surface area contributed by atoms with E-state index in [2.05, 4.69) is 26.2 Å². The van der Waals surface area contributed by atoms with Crippen molar-refractivity contribution in [3.63, 3.8) is 0 Å². The van der Waals surface area contributed by atoms with Crippen molar-refractivity contribution in [1.82, 2.24) is 13.9 Å². The number of halogens is 1. The number of anilines is 1. The second-order valence-electron chi connectivity index (χ2n) is 9.14. The van der Waals surface area contributed by atoms with Crippen LogP contribution in [-0.4, -0.2) is 41.3 Å². The van der Waals surface area contributed by atoms with E-state index in [0.717, 1.165) is 21.0 Å². The lowest BCUT2D eigenvalue weighted by atomic mass is 9.94. The summed E-state index contributed by atoms with van der Waals surface area (Å²) in [6.07, 6.45) is 2.27. The van der Waals surface area contributed by atoms with E-state index in [-0.39, 0.29) is 28.7 Å². The third kappa shape index (κ3) is 4.84. The molecule has 0 bridgehead atoms. The fourth-order valence-corrected chi connectivity index (χ4v) is 8.47. The van der Waals surface area contributed by atoms with E-state index in [1.165, 1.54) is 22.0 Å². The minimum atomic E-state index is -3.88. The summed E-state index contributed by atoms with van der Waals surface area (Å²) in [7, 11) is -3.88. The Balaban J connectivity index is 1.69. The number of carbonyl (C=O) groups excluding carboxylic acids is 1. The Kier molecular flexibility index (Phi) is 7.01. The SMILES string of the molecule is Cc1ccc(NC(=O)Cn2cnc3sc(C)c(S(=O)(=O)N4C[C@@H](C)C[C@H](C)C4)c3c2=O)c(Br)c1. The van der Waals surface area contributed by atoms with Crippen LogP contribution in [0.3, 0.4) is 0 Å². The Morgan fingerprint density at radius 3 is 2.56 bits per heavy atom. The number of aryl methyl sites for hydroxylation is 2. The highest BCUT2D eigenvalue weighted by Gasteiger charge is 2.35. The molecule has 1 aromatic carbocycles. The average molecular weight is 568 g/mol. The number of hydrogen-bond donors (Lipinski definition) is 1. The van der Waals surface area contributed by atoms with Gasteiger partial charge in [-0.25, -0.2) is 13.4 Å². The minimum absolute atomic E-state index is 0.0161. The zero-order valence-electron chi connectivity index (χ0n) is 19.5. The summed E-state index contributed by atoms with van der Waals surface area (Å²) in [5.41, 5.74) is 1.08. The summed E-state index contributed by atoms with van der Waals surface area (Å²) in [5, 5.41) is 2.83. The smallest absolute Gasteiger partial charge is 0.263 e. The van der Waals surface area contributed by atoms with Gasteiger partial charge in [0.15, 0.2) is 0 Å². The van der Waals surface area contributed by atoms with Crippen molar-refractivity contribution in [3.05, 3.63) is 49.8 Å². The first-order chi connectivity index (χ1) is 16.0. The number of fused-ring (bicyclic) bond motifs is 1. The van der Waals surface area contributed by atoms with E-state index in [0.29, 0.717) is 28.5 Å². The van der Waals surface area contributed by atoms with Gasteiger partial charge in [0.1, 0.15) is 16.3 Å². The maximum Gasteiger partial charge on any atom is 0.263 e. The molecule has 2 aromatic heterocycles. The molecule has 182 valence electrons. The molecule has 0 aliphatic carbocycles. The van der Waals surface area contributed by atoms with Crippen LogP contribution in [0, 0.1) is 25.7 Å². The highest BCUT2D eigenvalue weighted by atomic mass is 79.9. The van der Waals surface area contributed by atoms with Crippen LogP contribution in [0.15, 0.2) is 38.7 Å². The van der Waals surface area contributed by atoms with E-state index in [9.17, 15) is 18.0 Å². The fourth-order valence-electron chi connectivity index (χ4n) is 4.53. The lowest BCUT2D eigenvalue weighted by Crippen LogP contribution is -2.42. The van der Waals surface area contributed by atoms with Gasteiger partial charge in [-0.05, 0) is 65.7 Å². The van der Waals surface area contributed by atoms with Gasteiger partial charge in [-0.2, -0.15) is 4.31 Å². The van der Waals surface area contributed by atoms with E-state index < -0.39 is 21.5 Å². The van der Waals surface area contributed by atoms with Gasteiger partial charge in [0, 0.05) is 22.4 Å². The Morgan fingerprint density at radius 1 is 1.24 bits per heavy atom. The number of nitrogens with zero attached hydrogens (tertiary/aromatic N) is 3. The van der Waals surface area contributed by atoms with E-state index in [4.69, 9.17) is 0 Å². The zero-order valence-corrected chi connectivity index (χ0v) is 22.7. The van der Waals surface area contributed by atoms with Gasteiger partial charge < -0.3 is 5.32 Å². The van der Waals surface area contributed by atoms with Crippen LogP contribution < -0.4 is 10.9 Å². The predicted molar refractivity (Wildman–Crippen MR) is 138 cm³/mol. The number of carbonyl (C=O) groups is 1. The molecule has 0 spiro atoms. The number of thiophene rings is 1. The molecule has 0 saturated carbocycles. The van der Waals surface area contributed by atoms with Crippen molar-refractivity contribution in [1.29, 1.82) is 0 Å². The molecule has 1 aliphatic heterocycles. The van der Waals surface area contributed by atoms with Crippen LogP contribution in [0.25, 0.3) is 10.2 Å². The molecule has 4 rings (SSSR count). The van der Waals surface area contributed by atoms with Crippen LogP contribution in [-0.2, 0) is 21.4 Å². The highest BCUT2D eigenvalue weighted by molar-refractivity contribution is 9.10. The molecule has 1 aliphatic rings.